The molecule has 2 aromatic carbocycles. The lowest BCUT2D eigenvalue weighted by molar-refractivity contribution is 0.0786. The number of aliphatic hydroxyl groups excluding tert-OH is 1. The number of carbonyl (C=O) groups excluding carboxylic acids is 1. The van der Waals surface area contributed by atoms with Crippen molar-refractivity contribution >= 4 is 29.2 Å². The van der Waals surface area contributed by atoms with Gasteiger partial charge >= 0.3 is 6.03 Å². The first-order chi connectivity index (χ1) is 14.2. The van der Waals surface area contributed by atoms with Crippen molar-refractivity contribution in [2.75, 3.05) is 18.5 Å². The summed E-state index contributed by atoms with van der Waals surface area (Å²) in [6.45, 7) is 3.20. The molecule has 30 heavy (non-hydrogen) atoms. The number of hydrogen-bond acceptors (Lipinski definition) is 5. The van der Waals surface area contributed by atoms with Crippen molar-refractivity contribution in [3.63, 3.8) is 0 Å². The SMILES string of the molecule is CC(C)(O)c1ccc(CC(NC(=O)Nc2ccc(Cl)cc2)C(N)=NOCCO)cc1. The lowest BCUT2D eigenvalue weighted by atomic mass is 9.95. The van der Waals surface area contributed by atoms with E-state index >= 15 is 0 Å². The van der Waals surface area contributed by atoms with Crippen molar-refractivity contribution in [1.29, 1.82) is 0 Å². The van der Waals surface area contributed by atoms with Crippen LogP contribution in [0.4, 0.5) is 10.5 Å². The lowest BCUT2D eigenvalue weighted by Gasteiger charge is -2.20. The molecule has 1 atom stereocenters. The number of halogens is 1. The molecule has 0 saturated heterocycles. The van der Waals surface area contributed by atoms with Crippen molar-refractivity contribution in [1.82, 2.24) is 5.32 Å². The van der Waals surface area contributed by atoms with Crippen LogP contribution in [-0.4, -0.2) is 41.3 Å². The van der Waals surface area contributed by atoms with Crippen LogP contribution in [0.5, 0.6) is 0 Å². The van der Waals surface area contributed by atoms with Crippen LogP contribution in [0.25, 0.3) is 0 Å². The van der Waals surface area contributed by atoms with Gasteiger partial charge in [0.1, 0.15) is 6.61 Å². The standard InChI is InChI=1S/C21H27ClN4O4/c1-21(2,29)15-5-3-14(4-6-15)13-18(19(23)26-30-12-11-27)25-20(28)24-17-9-7-16(22)8-10-17/h3-10,18,27,29H,11-13H2,1-2H3,(H2,23,26)(H2,24,25,28). The van der Waals surface area contributed by atoms with Crippen molar-refractivity contribution in [2.24, 2.45) is 10.9 Å². The molecule has 0 bridgehead atoms. The van der Waals surface area contributed by atoms with E-state index in [2.05, 4.69) is 15.8 Å². The van der Waals surface area contributed by atoms with Crippen molar-refractivity contribution in [3.05, 3.63) is 64.7 Å². The van der Waals surface area contributed by atoms with E-state index in [9.17, 15) is 9.90 Å². The maximum atomic E-state index is 12.4. The zero-order valence-corrected chi connectivity index (χ0v) is 17.7. The number of benzene rings is 2. The van der Waals surface area contributed by atoms with Gasteiger partial charge in [0.15, 0.2) is 5.84 Å². The highest BCUT2D eigenvalue weighted by atomic mass is 35.5. The Hall–Kier alpha value is -2.81. The number of aliphatic hydroxyl groups is 2. The van der Waals surface area contributed by atoms with Crippen molar-refractivity contribution in [3.8, 4) is 0 Å². The lowest BCUT2D eigenvalue weighted by Crippen LogP contribution is -2.47. The van der Waals surface area contributed by atoms with Gasteiger partial charge in [-0.3, -0.25) is 0 Å². The van der Waals surface area contributed by atoms with Crippen LogP contribution in [0.15, 0.2) is 53.7 Å². The number of nitrogens with zero attached hydrogens (tertiary/aromatic N) is 1. The van der Waals surface area contributed by atoms with Gasteiger partial charge in [-0.2, -0.15) is 0 Å². The van der Waals surface area contributed by atoms with E-state index in [0.717, 1.165) is 11.1 Å². The smallest absolute Gasteiger partial charge is 0.319 e. The van der Waals surface area contributed by atoms with E-state index in [-0.39, 0.29) is 19.0 Å². The summed E-state index contributed by atoms with van der Waals surface area (Å²) >= 11 is 5.86. The second-order valence-electron chi connectivity index (χ2n) is 7.19. The Balaban J connectivity index is 2.12. The molecule has 0 heterocycles. The minimum absolute atomic E-state index is 0.00926. The molecule has 2 amide bonds. The van der Waals surface area contributed by atoms with Gasteiger partial charge in [0.25, 0.3) is 0 Å². The van der Waals surface area contributed by atoms with Crippen molar-refractivity contribution in [2.45, 2.75) is 31.9 Å². The molecule has 0 aliphatic heterocycles. The molecule has 0 aliphatic carbocycles. The van der Waals surface area contributed by atoms with Crippen molar-refractivity contribution < 1.29 is 19.8 Å². The van der Waals surface area contributed by atoms with Gasteiger partial charge in [-0.05, 0) is 49.2 Å². The van der Waals surface area contributed by atoms with Crippen LogP contribution in [0.3, 0.4) is 0 Å². The van der Waals surface area contributed by atoms with Gasteiger partial charge in [-0.25, -0.2) is 4.79 Å². The third-order valence-electron chi connectivity index (χ3n) is 4.22. The van der Waals surface area contributed by atoms with Gasteiger partial charge in [-0.1, -0.05) is 41.0 Å². The van der Waals surface area contributed by atoms with E-state index in [1.807, 2.05) is 24.3 Å². The Morgan fingerprint density at radius 2 is 1.83 bits per heavy atom. The van der Waals surface area contributed by atoms with Crippen LogP contribution in [0.2, 0.25) is 5.02 Å². The summed E-state index contributed by atoms with van der Waals surface area (Å²) in [4.78, 5) is 17.4. The number of nitrogens with one attached hydrogen (secondary N) is 2. The Labute approximate surface area is 180 Å². The molecule has 0 spiro atoms. The molecule has 2 rings (SSSR count). The number of amidine groups is 1. The molecule has 6 N–H and O–H groups in total. The number of rotatable bonds is 9. The predicted octanol–water partition coefficient (Wildman–Crippen LogP) is 2.58. The number of amides is 2. The Morgan fingerprint density at radius 1 is 1.20 bits per heavy atom. The molecule has 8 nitrogen and oxygen atoms in total. The number of urea groups is 1. The number of anilines is 1. The maximum absolute atomic E-state index is 12.4. The first kappa shape index (κ1) is 23.5. The van der Waals surface area contributed by atoms with Gasteiger partial charge < -0.3 is 31.4 Å². The number of hydrogen-bond donors (Lipinski definition) is 5. The quantitative estimate of drug-likeness (QED) is 0.179. The van der Waals surface area contributed by atoms with E-state index < -0.39 is 17.7 Å². The average Bonchev–Trinajstić information content (AvgIpc) is 2.69. The second kappa shape index (κ2) is 10.8. The van der Waals surface area contributed by atoms with Crippen LogP contribution in [0, 0.1) is 0 Å². The van der Waals surface area contributed by atoms with Crippen LogP contribution in [0.1, 0.15) is 25.0 Å². The number of carbonyl (C=O) groups is 1. The zero-order chi connectivity index (χ0) is 22.1. The second-order valence-corrected chi connectivity index (χ2v) is 7.63. The van der Waals surface area contributed by atoms with Gasteiger partial charge in [0.05, 0.1) is 18.2 Å². The van der Waals surface area contributed by atoms with Gasteiger partial charge in [0.2, 0.25) is 0 Å². The zero-order valence-electron chi connectivity index (χ0n) is 16.9. The predicted molar refractivity (Wildman–Crippen MR) is 117 cm³/mol. The highest BCUT2D eigenvalue weighted by molar-refractivity contribution is 6.30. The highest BCUT2D eigenvalue weighted by Crippen LogP contribution is 2.20. The fraction of sp³-hybridized carbons (Fsp3) is 0.333. The summed E-state index contributed by atoms with van der Waals surface area (Å²) in [6, 6.07) is 12.9. The first-order valence-electron chi connectivity index (χ1n) is 9.40. The maximum Gasteiger partial charge on any atom is 0.319 e. The number of nitrogens with two attached hydrogens (primary N) is 1. The van der Waals surface area contributed by atoms with E-state index in [1.165, 1.54) is 0 Å². The summed E-state index contributed by atoms with van der Waals surface area (Å²) in [7, 11) is 0. The summed E-state index contributed by atoms with van der Waals surface area (Å²) < 4.78 is 0. The van der Waals surface area contributed by atoms with Gasteiger partial charge in [-0.15, -0.1) is 0 Å². The normalized spacial score (nSPS) is 12.9. The fourth-order valence-corrected chi connectivity index (χ4v) is 2.72. The summed E-state index contributed by atoms with van der Waals surface area (Å²) in [5, 5.41) is 28.7. The molecule has 0 radical (unpaired) electrons. The minimum Gasteiger partial charge on any atom is -0.393 e. The summed E-state index contributed by atoms with van der Waals surface area (Å²) in [5.74, 6) is 0.0567. The van der Waals surface area contributed by atoms with E-state index in [0.29, 0.717) is 17.1 Å². The topological polar surface area (TPSA) is 129 Å². The van der Waals surface area contributed by atoms with Crippen LogP contribution >= 0.6 is 11.6 Å². The minimum atomic E-state index is -0.951. The summed E-state index contributed by atoms with van der Waals surface area (Å²) in [6.07, 6.45) is 0.345. The van der Waals surface area contributed by atoms with E-state index in [4.69, 9.17) is 27.3 Å². The molecule has 2 aromatic rings. The third-order valence-corrected chi connectivity index (χ3v) is 4.47. The molecular formula is C21H27ClN4O4. The molecule has 0 aliphatic rings. The van der Waals surface area contributed by atoms with Crippen LogP contribution < -0.4 is 16.4 Å². The Kier molecular flexibility index (Phi) is 8.46. The third kappa shape index (κ3) is 7.55. The largest absolute Gasteiger partial charge is 0.393 e. The molecule has 0 aromatic heterocycles. The first-order valence-corrected chi connectivity index (χ1v) is 9.78. The van der Waals surface area contributed by atoms with Gasteiger partial charge in [0, 0.05) is 17.1 Å². The molecule has 9 heteroatoms. The average molecular weight is 435 g/mol. The van der Waals surface area contributed by atoms with Crippen LogP contribution in [-0.2, 0) is 16.9 Å². The van der Waals surface area contributed by atoms with E-state index in [1.54, 1.807) is 38.1 Å². The Morgan fingerprint density at radius 3 is 2.40 bits per heavy atom. The summed E-state index contributed by atoms with van der Waals surface area (Å²) in [5.41, 5.74) is 7.27. The Bertz CT molecular complexity index is 849. The fourth-order valence-electron chi connectivity index (χ4n) is 2.60. The molecule has 162 valence electrons. The monoisotopic (exact) mass is 434 g/mol. The number of oxime groups is 1. The molecular weight excluding hydrogens is 408 g/mol. The highest BCUT2D eigenvalue weighted by Gasteiger charge is 2.20. The molecule has 0 saturated carbocycles. The molecule has 0 fully saturated rings. The molecule has 1 unspecified atom stereocenters.